The van der Waals surface area contributed by atoms with Crippen molar-refractivity contribution in [1.82, 2.24) is 9.21 Å². The predicted molar refractivity (Wildman–Crippen MR) is 125 cm³/mol. The number of benzene rings is 1. The number of hydrogen-bond donors (Lipinski definition) is 1. The fraction of sp³-hybridized carbons (Fsp3) is 0.619. The SMILES string of the molecule is CCCCS(=O)(=O)N1CCC(C(=O)N(CCC)CC(=O)Nc2ccc(Cl)cc2Cl)CC1. The number of nitrogens with zero attached hydrogens (tertiary/aromatic N) is 2. The molecule has 1 heterocycles. The van der Waals surface area contributed by atoms with Gasteiger partial charge in [0.2, 0.25) is 21.8 Å². The van der Waals surface area contributed by atoms with Gasteiger partial charge in [-0.2, -0.15) is 0 Å². The van der Waals surface area contributed by atoms with Crippen molar-refractivity contribution in [3.8, 4) is 0 Å². The number of rotatable bonds is 10. The van der Waals surface area contributed by atoms with Crippen LogP contribution in [0.15, 0.2) is 18.2 Å². The topological polar surface area (TPSA) is 86.8 Å². The van der Waals surface area contributed by atoms with Crippen molar-refractivity contribution in [3.63, 3.8) is 0 Å². The van der Waals surface area contributed by atoms with Gasteiger partial charge in [-0.3, -0.25) is 9.59 Å². The number of piperidine rings is 1. The zero-order chi connectivity index (χ0) is 23.0. The van der Waals surface area contributed by atoms with Crippen LogP contribution in [-0.4, -0.2) is 61.4 Å². The summed E-state index contributed by atoms with van der Waals surface area (Å²) in [5, 5.41) is 3.51. The van der Waals surface area contributed by atoms with Gasteiger partial charge in [-0.25, -0.2) is 12.7 Å². The molecule has 1 aliphatic heterocycles. The molecule has 0 aromatic heterocycles. The van der Waals surface area contributed by atoms with Gasteiger partial charge in [0, 0.05) is 30.6 Å². The van der Waals surface area contributed by atoms with E-state index < -0.39 is 10.0 Å². The van der Waals surface area contributed by atoms with Crippen molar-refractivity contribution < 1.29 is 18.0 Å². The minimum Gasteiger partial charge on any atom is -0.333 e. The number of hydrogen-bond acceptors (Lipinski definition) is 4. The molecule has 1 aromatic rings. The van der Waals surface area contributed by atoms with Crippen molar-refractivity contribution >= 4 is 50.7 Å². The van der Waals surface area contributed by atoms with Crippen LogP contribution in [0.4, 0.5) is 5.69 Å². The molecule has 0 unspecified atom stereocenters. The van der Waals surface area contributed by atoms with Gasteiger partial charge in [-0.15, -0.1) is 0 Å². The number of sulfonamides is 1. The average Bonchev–Trinajstić information content (AvgIpc) is 2.73. The molecule has 7 nitrogen and oxygen atoms in total. The summed E-state index contributed by atoms with van der Waals surface area (Å²) in [6.07, 6.45) is 3.11. The number of unbranched alkanes of at least 4 members (excludes halogenated alkanes) is 1. The molecule has 1 fully saturated rings. The number of amides is 2. The Morgan fingerprint density at radius 2 is 1.84 bits per heavy atom. The molecular weight excluding hydrogens is 461 g/mol. The van der Waals surface area contributed by atoms with Crippen LogP contribution in [0, 0.1) is 5.92 Å². The van der Waals surface area contributed by atoms with E-state index >= 15 is 0 Å². The largest absolute Gasteiger partial charge is 0.333 e. The highest BCUT2D eigenvalue weighted by molar-refractivity contribution is 7.89. The lowest BCUT2D eigenvalue weighted by Gasteiger charge is -2.33. The third-order valence-electron chi connectivity index (χ3n) is 5.30. The van der Waals surface area contributed by atoms with Crippen LogP contribution in [0.3, 0.4) is 0 Å². The van der Waals surface area contributed by atoms with Crippen molar-refractivity contribution in [1.29, 1.82) is 0 Å². The minimum absolute atomic E-state index is 0.0827. The second kappa shape index (κ2) is 12.0. The number of halogens is 2. The molecule has 174 valence electrons. The van der Waals surface area contributed by atoms with Crippen molar-refractivity contribution in [2.24, 2.45) is 5.92 Å². The first-order chi connectivity index (χ1) is 14.7. The molecule has 10 heteroatoms. The van der Waals surface area contributed by atoms with Gasteiger partial charge in [0.1, 0.15) is 0 Å². The zero-order valence-electron chi connectivity index (χ0n) is 18.1. The van der Waals surface area contributed by atoms with Gasteiger partial charge >= 0.3 is 0 Å². The average molecular weight is 492 g/mol. The fourth-order valence-corrected chi connectivity index (χ4v) is 5.72. The van der Waals surface area contributed by atoms with E-state index in [2.05, 4.69) is 5.32 Å². The number of anilines is 1. The van der Waals surface area contributed by atoms with E-state index in [0.29, 0.717) is 61.1 Å². The number of carbonyl (C=O) groups is 2. The van der Waals surface area contributed by atoms with Crippen LogP contribution < -0.4 is 5.32 Å². The van der Waals surface area contributed by atoms with E-state index in [1.807, 2.05) is 13.8 Å². The van der Waals surface area contributed by atoms with Gasteiger partial charge < -0.3 is 10.2 Å². The molecule has 0 atom stereocenters. The highest BCUT2D eigenvalue weighted by atomic mass is 35.5. The monoisotopic (exact) mass is 491 g/mol. The lowest BCUT2D eigenvalue weighted by atomic mass is 9.96. The third kappa shape index (κ3) is 7.63. The van der Waals surface area contributed by atoms with E-state index in [-0.39, 0.29) is 30.0 Å². The lowest BCUT2D eigenvalue weighted by Crippen LogP contribution is -2.46. The highest BCUT2D eigenvalue weighted by Gasteiger charge is 2.33. The second-order valence-corrected chi connectivity index (χ2v) is 10.7. The van der Waals surface area contributed by atoms with E-state index in [0.717, 1.165) is 6.42 Å². The Morgan fingerprint density at radius 3 is 2.42 bits per heavy atom. The normalized spacial score (nSPS) is 15.6. The first-order valence-corrected chi connectivity index (χ1v) is 13.1. The Kier molecular flexibility index (Phi) is 10.1. The lowest BCUT2D eigenvalue weighted by molar-refractivity contribution is -0.139. The fourth-order valence-electron chi connectivity index (χ4n) is 3.59. The quantitative estimate of drug-likeness (QED) is 0.535. The van der Waals surface area contributed by atoms with E-state index in [9.17, 15) is 18.0 Å². The minimum atomic E-state index is -3.26. The van der Waals surface area contributed by atoms with Gasteiger partial charge in [0.05, 0.1) is 23.0 Å². The molecule has 1 N–H and O–H groups in total. The van der Waals surface area contributed by atoms with Crippen LogP contribution in [-0.2, 0) is 19.6 Å². The Hall–Kier alpha value is -1.35. The van der Waals surface area contributed by atoms with Gasteiger partial charge in [-0.1, -0.05) is 43.5 Å². The first-order valence-electron chi connectivity index (χ1n) is 10.7. The van der Waals surface area contributed by atoms with Crippen molar-refractivity contribution in [2.75, 3.05) is 37.2 Å². The summed E-state index contributed by atoms with van der Waals surface area (Å²) < 4.78 is 26.3. The third-order valence-corrected chi connectivity index (χ3v) is 7.80. The van der Waals surface area contributed by atoms with Crippen LogP contribution in [0.1, 0.15) is 46.0 Å². The highest BCUT2D eigenvalue weighted by Crippen LogP contribution is 2.26. The summed E-state index contributed by atoms with van der Waals surface area (Å²) >= 11 is 12.0. The molecule has 1 saturated heterocycles. The van der Waals surface area contributed by atoms with E-state index in [1.54, 1.807) is 17.0 Å². The second-order valence-electron chi connectivity index (χ2n) is 7.78. The maximum atomic E-state index is 13.1. The van der Waals surface area contributed by atoms with Crippen LogP contribution in [0.25, 0.3) is 0 Å². The molecule has 0 aliphatic carbocycles. The Balaban J connectivity index is 1.95. The Morgan fingerprint density at radius 1 is 1.16 bits per heavy atom. The van der Waals surface area contributed by atoms with E-state index in [1.165, 1.54) is 10.4 Å². The molecule has 0 bridgehead atoms. The number of carbonyl (C=O) groups excluding carboxylic acids is 2. The molecule has 0 radical (unpaired) electrons. The standard InChI is InChI=1S/C21H31Cl2N3O4S/c1-3-5-13-31(29,30)26-11-8-16(9-12-26)21(28)25(10-4-2)15-20(27)24-19-7-6-17(22)14-18(19)23/h6-7,14,16H,3-5,8-13,15H2,1-2H3,(H,24,27). The van der Waals surface area contributed by atoms with Crippen LogP contribution >= 0.6 is 23.2 Å². The summed E-state index contributed by atoms with van der Waals surface area (Å²) in [5.41, 5.74) is 0.436. The molecular formula is C21H31Cl2N3O4S. The smallest absolute Gasteiger partial charge is 0.244 e. The summed E-state index contributed by atoms with van der Waals surface area (Å²) in [7, 11) is -3.26. The molecule has 1 aromatic carbocycles. The maximum Gasteiger partial charge on any atom is 0.244 e. The number of nitrogens with one attached hydrogen (secondary N) is 1. The van der Waals surface area contributed by atoms with Crippen LogP contribution in [0.2, 0.25) is 10.0 Å². The molecule has 1 aliphatic rings. The molecule has 2 amide bonds. The molecule has 0 saturated carbocycles. The van der Waals surface area contributed by atoms with Gasteiger partial charge in [-0.05, 0) is 43.9 Å². The van der Waals surface area contributed by atoms with Crippen LogP contribution in [0.5, 0.6) is 0 Å². The Labute approximate surface area is 195 Å². The van der Waals surface area contributed by atoms with Gasteiger partial charge in [0.15, 0.2) is 0 Å². The molecule has 0 spiro atoms. The van der Waals surface area contributed by atoms with E-state index in [4.69, 9.17) is 23.2 Å². The summed E-state index contributed by atoms with van der Waals surface area (Å²) in [6.45, 7) is 4.96. The molecule has 31 heavy (non-hydrogen) atoms. The first kappa shape index (κ1) is 25.9. The molecule has 2 rings (SSSR count). The van der Waals surface area contributed by atoms with Crippen molar-refractivity contribution in [3.05, 3.63) is 28.2 Å². The maximum absolute atomic E-state index is 13.1. The predicted octanol–water partition coefficient (Wildman–Crippen LogP) is 4.01. The zero-order valence-corrected chi connectivity index (χ0v) is 20.4. The Bertz CT molecular complexity index is 871. The summed E-state index contributed by atoms with van der Waals surface area (Å²) in [5.74, 6) is -0.580. The van der Waals surface area contributed by atoms with Gasteiger partial charge in [0.25, 0.3) is 0 Å². The van der Waals surface area contributed by atoms with Crippen molar-refractivity contribution in [2.45, 2.75) is 46.0 Å². The summed E-state index contributed by atoms with van der Waals surface area (Å²) in [6, 6.07) is 4.78. The summed E-state index contributed by atoms with van der Waals surface area (Å²) in [4.78, 5) is 27.1.